The molecule has 1 aromatic carbocycles. The maximum Gasteiger partial charge on any atom is 0.0744 e. The molecule has 0 aliphatic carbocycles. The molecular formula is C9H7ClIN2P. The Morgan fingerprint density at radius 1 is 1.57 bits per heavy atom. The van der Waals surface area contributed by atoms with Crippen molar-refractivity contribution in [2.75, 3.05) is 0 Å². The lowest BCUT2D eigenvalue weighted by molar-refractivity contribution is 1.04. The standard InChI is InChI=1S/C9H7ClIN2P/c1-2-6-3-4-8-7(9(6)10)5-12-13(8)14-11/h2-5,14H,1H2. The first-order valence-corrected chi connectivity index (χ1v) is 8.37. The second-order valence-corrected chi connectivity index (χ2v) is 5.16. The zero-order valence-electron chi connectivity index (χ0n) is 7.17. The van der Waals surface area contributed by atoms with Crippen LogP contribution in [0.25, 0.3) is 17.0 Å². The first-order chi connectivity index (χ1) is 6.77. The van der Waals surface area contributed by atoms with Gasteiger partial charge in [-0.1, -0.05) is 30.3 Å². The molecule has 1 atom stereocenters. The number of fused-ring (bicyclic) bond motifs is 1. The predicted octanol–water partition coefficient (Wildman–Crippen LogP) is 4.12. The first-order valence-electron chi connectivity index (χ1n) is 3.93. The van der Waals surface area contributed by atoms with Crippen LogP contribution >= 0.6 is 40.0 Å². The summed E-state index contributed by atoms with van der Waals surface area (Å²) in [7, 11) is 0. The van der Waals surface area contributed by atoms with E-state index in [4.69, 9.17) is 11.6 Å². The van der Waals surface area contributed by atoms with Crippen LogP contribution in [0.4, 0.5) is 0 Å². The van der Waals surface area contributed by atoms with E-state index in [2.05, 4.69) is 33.7 Å². The predicted molar refractivity (Wildman–Crippen MR) is 72.6 cm³/mol. The van der Waals surface area contributed by atoms with Crippen LogP contribution in [0.2, 0.25) is 5.02 Å². The fourth-order valence-corrected chi connectivity index (χ4v) is 3.14. The second kappa shape index (κ2) is 4.17. The summed E-state index contributed by atoms with van der Waals surface area (Å²) in [6.07, 6.45) is 4.15. The van der Waals surface area contributed by atoms with Crippen molar-refractivity contribution in [1.29, 1.82) is 0 Å². The van der Waals surface area contributed by atoms with Crippen molar-refractivity contribution in [3.8, 4) is 0 Å². The van der Waals surface area contributed by atoms with Crippen LogP contribution in [0.5, 0.6) is 0 Å². The molecule has 1 unspecified atom stereocenters. The molecule has 2 rings (SSSR count). The molecule has 1 aromatic heterocycles. The zero-order chi connectivity index (χ0) is 10.1. The van der Waals surface area contributed by atoms with Gasteiger partial charge in [0.05, 0.1) is 23.1 Å². The highest BCUT2D eigenvalue weighted by Crippen LogP contribution is 2.33. The largest absolute Gasteiger partial charge is 0.237 e. The average Bonchev–Trinajstić information content (AvgIpc) is 2.62. The Hall–Kier alpha value is -0.120. The van der Waals surface area contributed by atoms with Crippen LogP contribution in [0, 0.1) is 0 Å². The molecule has 0 bridgehead atoms. The van der Waals surface area contributed by atoms with Crippen LogP contribution < -0.4 is 0 Å². The highest BCUT2D eigenvalue weighted by atomic mass is 127. The number of benzene rings is 1. The summed E-state index contributed by atoms with van der Waals surface area (Å²) in [6.45, 7) is 3.71. The fourth-order valence-electron chi connectivity index (χ4n) is 1.31. The van der Waals surface area contributed by atoms with Crippen LogP contribution in [0.3, 0.4) is 0 Å². The van der Waals surface area contributed by atoms with E-state index in [0.717, 1.165) is 21.5 Å². The molecule has 2 nitrogen and oxygen atoms in total. The van der Waals surface area contributed by atoms with E-state index in [9.17, 15) is 0 Å². The topological polar surface area (TPSA) is 17.8 Å². The van der Waals surface area contributed by atoms with Gasteiger partial charge in [-0.25, -0.2) is 4.45 Å². The molecule has 5 heteroatoms. The van der Waals surface area contributed by atoms with Gasteiger partial charge >= 0.3 is 0 Å². The smallest absolute Gasteiger partial charge is 0.0744 e. The van der Waals surface area contributed by atoms with Crippen molar-refractivity contribution in [1.82, 2.24) is 9.55 Å². The van der Waals surface area contributed by atoms with Gasteiger partial charge < -0.3 is 0 Å². The SMILES string of the molecule is C=Cc1ccc2c(cnn2PI)c1Cl. The molecule has 0 saturated heterocycles. The molecule has 0 spiro atoms. The fraction of sp³-hybridized carbons (Fsp3) is 0. The summed E-state index contributed by atoms with van der Waals surface area (Å²) in [5.74, 6) is 0. The van der Waals surface area contributed by atoms with Gasteiger partial charge in [0.1, 0.15) is 0 Å². The molecule has 2 aromatic rings. The highest BCUT2D eigenvalue weighted by Gasteiger charge is 2.07. The van der Waals surface area contributed by atoms with Gasteiger partial charge in [0, 0.05) is 5.39 Å². The van der Waals surface area contributed by atoms with Crippen LogP contribution in [-0.2, 0) is 0 Å². The zero-order valence-corrected chi connectivity index (χ0v) is 11.1. The van der Waals surface area contributed by atoms with Gasteiger partial charge in [0.2, 0.25) is 0 Å². The van der Waals surface area contributed by atoms with Gasteiger partial charge in [-0.2, -0.15) is 5.10 Å². The van der Waals surface area contributed by atoms with E-state index in [0.29, 0.717) is 6.37 Å². The molecule has 0 N–H and O–H groups in total. The van der Waals surface area contributed by atoms with Crippen molar-refractivity contribution in [2.24, 2.45) is 0 Å². The number of halogens is 2. The van der Waals surface area contributed by atoms with Gasteiger partial charge in [0.25, 0.3) is 0 Å². The van der Waals surface area contributed by atoms with Crippen LogP contribution in [-0.4, -0.2) is 9.55 Å². The lowest BCUT2D eigenvalue weighted by atomic mass is 10.1. The summed E-state index contributed by atoms with van der Waals surface area (Å²) in [4.78, 5) is 0. The van der Waals surface area contributed by atoms with Crippen molar-refractivity contribution in [2.45, 2.75) is 0 Å². The Labute approximate surface area is 102 Å². The monoisotopic (exact) mass is 336 g/mol. The quantitative estimate of drug-likeness (QED) is 0.596. The van der Waals surface area contributed by atoms with Crippen molar-refractivity contribution in [3.05, 3.63) is 35.5 Å². The lowest BCUT2D eigenvalue weighted by Gasteiger charge is -2.00. The molecule has 0 radical (unpaired) electrons. The maximum atomic E-state index is 6.19. The van der Waals surface area contributed by atoms with E-state index in [1.54, 1.807) is 12.3 Å². The van der Waals surface area contributed by atoms with Gasteiger partial charge in [0.15, 0.2) is 0 Å². The molecule has 1 heterocycles. The van der Waals surface area contributed by atoms with E-state index < -0.39 is 0 Å². The molecular weight excluding hydrogens is 329 g/mol. The molecule has 0 saturated carbocycles. The summed E-state index contributed by atoms with van der Waals surface area (Å²) in [5.41, 5.74) is 2.03. The van der Waals surface area contributed by atoms with E-state index in [-0.39, 0.29) is 0 Å². The van der Waals surface area contributed by atoms with E-state index in [1.807, 2.05) is 16.6 Å². The minimum atomic E-state index is 0.593. The molecule has 0 aliphatic rings. The minimum absolute atomic E-state index is 0.593. The normalized spacial score (nSPS) is 11.6. The van der Waals surface area contributed by atoms with Crippen molar-refractivity contribution in [3.63, 3.8) is 0 Å². The number of rotatable bonds is 2. The Kier molecular flexibility index (Phi) is 3.10. The third-order valence-electron chi connectivity index (χ3n) is 2.02. The Balaban J connectivity index is 2.78. The second-order valence-electron chi connectivity index (χ2n) is 2.75. The van der Waals surface area contributed by atoms with Gasteiger partial charge in [-0.05, 0) is 33.7 Å². The number of aromatic nitrogens is 2. The summed E-state index contributed by atoms with van der Waals surface area (Å²) < 4.78 is 1.94. The van der Waals surface area contributed by atoms with E-state index in [1.165, 1.54) is 0 Å². The maximum absolute atomic E-state index is 6.19. The molecule has 0 amide bonds. The van der Waals surface area contributed by atoms with E-state index >= 15 is 0 Å². The Bertz CT molecular complexity index is 495. The average molecular weight is 336 g/mol. The minimum Gasteiger partial charge on any atom is -0.237 e. The van der Waals surface area contributed by atoms with Crippen molar-refractivity contribution < 1.29 is 0 Å². The molecule has 72 valence electrons. The molecule has 0 aliphatic heterocycles. The molecule has 0 fully saturated rings. The summed E-state index contributed by atoms with van der Waals surface area (Å²) in [5, 5.41) is 5.98. The lowest BCUT2D eigenvalue weighted by Crippen LogP contribution is -1.82. The Morgan fingerprint density at radius 2 is 2.36 bits per heavy atom. The summed E-state index contributed by atoms with van der Waals surface area (Å²) >= 11 is 8.48. The number of hydrogen-bond donors (Lipinski definition) is 0. The Morgan fingerprint density at radius 3 is 3.00 bits per heavy atom. The van der Waals surface area contributed by atoms with Crippen molar-refractivity contribution >= 4 is 57.0 Å². The van der Waals surface area contributed by atoms with Crippen LogP contribution in [0.1, 0.15) is 5.56 Å². The third kappa shape index (κ3) is 1.58. The van der Waals surface area contributed by atoms with Crippen LogP contribution in [0.15, 0.2) is 24.9 Å². The first kappa shape index (κ1) is 10.4. The molecule has 14 heavy (non-hydrogen) atoms. The summed E-state index contributed by atoms with van der Waals surface area (Å²) in [6, 6.07) is 3.99. The number of nitrogens with zero attached hydrogens (tertiary/aromatic N) is 2. The van der Waals surface area contributed by atoms with Gasteiger partial charge in [-0.15, -0.1) is 0 Å². The highest BCUT2D eigenvalue weighted by molar-refractivity contribution is 14.2. The third-order valence-corrected chi connectivity index (χ3v) is 4.33. The number of hydrogen-bond acceptors (Lipinski definition) is 1. The van der Waals surface area contributed by atoms with Gasteiger partial charge in [-0.3, -0.25) is 0 Å².